The summed E-state index contributed by atoms with van der Waals surface area (Å²) in [7, 11) is 0. The fraction of sp³-hybridized carbons (Fsp3) is 0.429. The van der Waals surface area contributed by atoms with Crippen LogP contribution in [-0.2, 0) is 0 Å². The average molecular weight is 234 g/mol. The van der Waals surface area contributed by atoms with Crippen LogP contribution in [0.2, 0.25) is 5.15 Å². The van der Waals surface area contributed by atoms with Gasteiger partial charge in [0.1, 0.15) is 16.6 Å². The summed E-state index contributed by atoms with van der Waals surface area (Å²) < 4.78 is 3.88. The van der Waals surface area contributed by atoms with Crippen LogP contribution in [0, 0.1) is 11.3 Å². The quantitative estimate of drug-likeness (QED) is 0.812. The summed E-state index contributed by atoms with van der Waals surface area (Å²) in [5.74, 6) is 1.00. The van der Waals surface area contributed by atoms with E-state index in [1.54, 1.807) is 11.8 Å². The summed E-state index contributed by atoms with van der Waals surface area (Å²) in [6.07, 6.45) is 2.03. The molecular formula is C7H8ClN3S2. The van der Waals surface area contributed by atoms with Crippen LogP contribution in [0.15, 0.2) is 0 Å². The van der Waals surface area contributed by atoms with Crippen LogP contribution in [0.1, 0.15) is 5.56 Å². The second-order valence-corrected chi connectivity index (χ2v) is 4.33. The molecule has 0 saturated heterocycles. The molecule has 0 bridgehead atoms. The first-order chi connectivity index (χ1) is 6.29. The van der Waals surface area contributed by atoms with Gasteiger partial charge in [-0.1, -0.05) is 11.6 Å². The number of nitrogens with zero attached hydrogens (tertiary/aromatic N) is 2. The fourth-order valence-electron chi connectivity index (χ4n) is 0.755. The first kappa shape index (κ1) is 10.6. The van der Waals surface area contributed by atoms with Crippen LogP contribution in [0.3, 0.4) is 0 Å². The molecule has 0 radical (unpaired) electrons. The number of anilines is 1. The maximum atomic E-state index is 8.73. The van der Waals surface area contributed by atoms with Crippen LogP contribution >= 0.6 is 34.9 Å². The molecule has 0 aromatic carbocycles. The lowest BCUT2D eigenvalue weighted by Gasteiger charge is -2.00. The zero-order valence-electron chi connectivity index (χ0n) is 7.00. The van der Waals surface area contributed by atoms with E-state index >= 15 is 0 Å². The van der Waals surface area contributed by atoms with Gasteiger partial charge in [0.05, 0.1) is 0 Å². The molecule has 0 atom stereocenters. The summed E-state index contributed by atoms with van der Waals surface area (Å²) in [4.78, 5) is 0. The van der Waals surface area contributed by atoms with Crippen molar-refractivity contribution in [2.45, 2.75) is 0 Å². The predicted octanol–water partition coefficient (Wildman–Crippen LogP) is 2.44. The minimum absolute atomic E-state index is 0.291. The van der Waals surface area contributed by atoms with Crippen molar-refractivity contribution in [3.63, 3.8) is 0 Å². The van der Waals surface area contributed by atoms with E-state index in [4.69, 9.17) is 16.9 Å². The number of rotatable bonds is 4. The molecule has 0 fully saturated rings. The molecule has 6 heteroatoms. The molecule has 0 saturated carbocycles. The van der Waals surface area contributed by atoms with E-state index in [2.05, 4.69) is 9.69 Å². The Hall–Kier alpha value is -0.440. The van der Waals surface area contributed by atoms with E-state index in [1.807, 2.05) is 12.3 Å². The number of aromatic nitrogens is 1. The van der Waals surface area contributed by atoms with Crippen LogP contribution in [0.4, 0.5) is 5.00 Å². The van der Waals surface area contributed by atoms with Crippen molar-refractivity contribution >= 4 is 39.9 Å². The number of thioether (sulfide) groups is 1. The molecule has 3 nitrogen and oxygen atoms in total. The van der Waals surface area contributed by atoms with Gasteiger partial charge in [-0.15, -0.1) is 0 Å². The lowest BCUT2D eigenvalue weighted by Crippen LogP contribution is -2.03. The van der Waals surface area contributed by atoms with Crippen LogP contribution < -0.4 is 5.32 Å². The molecule has 0 aliphatic carbocycles. The van der Waals surface area contributed by atoms with E-state index in [-0.39, 0.29) is 0 Å². The second kappa shape index (κ2) is 5.32. The molecule has 13 heavy (non-hydrogen) atoms. The summed E-state index contributed by atoms with van der Waals surface area (Å²) in [6.45, 7) is 0.828. The number of halogens is 1. The Morgan fingerprint density at radius 1 is 1.77 bits per heavy atom. The number of hydrogen-bond acceptors (Lipinski definition) is 5. The molecule has 0 aliphatic heterocycles. The molecule has 0 aliphatic rings. The minimum atomic E-state index is 0.291. The van der Waals surface area contributed by atoms with Gasteiger partial charge in [0.15, 0.2) is 5.15 Å². The van der Waals surface area contributed by atoms with Crippen LogP contribution in [0.5, 0.6) is 0 Å². The molecule has 1 aromatic rings. The molecule has 0 amide bonds. The Balaban J connectivity index is 2.62. The largest absolute Gasteiger partial charge is 0.374 e. The van der Waals surface area contributed by atoms with E-state index in [1.165, 1.54) is 11.5 Å². The molecule has 1 aromatic heterocycles. The zero-order valence-corrected chi connectivity index (χ0v) is 9.39. The number of hydrogen-bond donors (Lipinski definition) is 1. The third-order valence-corrected chi connectivity index (χ3v) is 3.14. The van der Waals surface area contributed by atoms with Gasteiger partial charge in [-0.2, -0.15) is 21.4 Å². The summed E-state index contributed by atoms with van der Waals surface area (Å²) in [6, 6.07) is 2.02. The number of nitriles is 1. The first-order valence-corrected chi connectivity index (χ1v) is 6.12. The summed E-state index contributed by atoms with van der Waals surface area (Å²) in [5.41, 5.74) is 0.452. The summed E-state index contributed by atoms with van der Waals surface area (Å²) in [5, 5.41) is 12.9. The van der Waals surface area contributed by atoms with Crippen LogP contribution in [0.25, 0.3) is 0 Å². The Bertz CT molecular complexity index is 318. The average Bonchev–Trinajstić information content (AvgIpc) is 2.47. The molecule has 70 valence electrons. The SMILES string of the molecule is CSCCNc1snc(Cl)c1C#N. The van der Waals surface area contributed by atoms with Crippen molar-refractivity contribution in [3.8, 4) is 6.07 Å². The van der Waals surface area contributed by atoms with E-state index in [0.29, 0.717) is 10.7 Å². The minimum Gasteiger partial charge on any atom is -0.374 e. The van der Waals surface area contributed by atoms with Gasteiger partial charge in [-0.05, 0) is 17.8 Å². The molecule has 0 spiro atoms. The van der Waals surface area contributed by atoms with Gasteiger partial charge >= 0.3 is 0 Å². The first-order valence-electron chi connectivity index (χ1n) is 3.57. The predicted molar refractivity (Wildman–Crippen MR) is 58.7 cm³/mol. The highest BCUT2D eigenvalue weighted by molar-refractivity contribution is 7.98. The van der Waals surface area contributed by atoms with Gasteiger partial charge in [-0.3, -0.25) is 0 Å². The van der Waals surface area contributed by atoms with Crippen molar-refractivity contribution < 1.29 is 0 Å². The smallest absolute Gasteiger partial charge is 0.162 e. The highest BCUT2D eigenvalue weighted by Crippen LogP contribution is 2.27. The van der Waals surface area contributed by atoms with Crippen molar-refractivity contribution in [1.29, 1.82) is 5.26 Å². The molecule has 1 heterocycles. The van der Waals surface area contributed by atoms with Gasteiger partial charge in [-0.25, -0.2) is 0 Å². The molecule has 1 rings (SSSR count). The van der Waals surface area contributed by atoms with Crippen molar-refractivity contribution in [2.75, 3.05) is 23.9 Å². The molecule has 0 unspecified atom stereocenters. The van der Waals surface area contributed by atoms with Gasteiger partial charge in [0, 0.05) is 12.3 Å². The van der Waals surface area contributed by atoms with E-state index < -0.39 is 0 Å². The maximum absolute atomic E-state index is 8.73. The van der Waals surface area contributed by atoms with Crippen molar-refractivity contribution in [1.82, 2.24) is 4.37 Å². The highest BCUT2D eigenvalue weighted by Gasteiger charge is 2.10. The standard InChI is InChI=1S/C7H8ClN3S2/c1-12-3-2-10-7-5(4-9)6(8)11-13-7/h10H,2-3H2,1H3. The van der Waals surface area contributed by atoms with Crippen molar-refractivity contribution in [3.05, 3.63) is 10.7 Å². The zero-order chi connectivity index (χ0) is 9.68. The highest BCUT2D eigenvalue weighted by atomic mass is 35.5. The Labute approximate surface area is 90.3 Å². The molecule has 1 N–H and O–H groups in total. The van der Waals surface area contributed by atoms with Crippen LogP contribution in [-0.4, -0.2) is 22.9 Å². The van der Waals surface area contributed by atoms with Crippen molar-refractivity contribution in [2.24, 2.45) is 0 Å². The van der Waals surface area contributed by atoms with Gasteiger partial charge in [0.2, 0.25) is 0 Å². The van der Waals surface area contributed by atoms with Gasteiger partial charge < -0.3 is 5.32 Å². The van der Waals surface area contributed by atoms with E-state index in [0.717, 1.165) is 17.3 Å². The number of nitrogens with one attached hydrogen (secondary N) is 1. The molecular weight excluding hydrogens is 226 g/mol. The fourth-order valence-corrected chi connectivity index (χ4v) is 2.02. The Kier molecular flexibility index (Phi) is 4.36. The maximum Gasteiger partial charge on any atom is 0.162 e. The normalized spacial score (nSPS) is 9.62. The Morgan fingerprint density at radius 2 is 2.54 bits per heavy atom. The summed E-state index contributed by atoms with van der Waals surface area (Å²) >= 11 is 8.66. The third-order valence-electron chi connectivity index (χ3n) is 1.35. The van der Waals surface area contributed by atoms with E-state index in [9.17, 15) is 0 Å². The Morgan fingerprint density at radius 3 is 3.15 bits per heavy atom. The third kappa shape index (κ3) is 2.76. The topological polar surface area (TPSA) is 48.7 Å². The second-order valence-electron chi connectivity index (χ2n) is 2.21. The monoisotopic (exact) mass is 233 g/mol. The lowest BCUT2D eigenvalue weighted by atomic mass is 10.4. The lowest BCUT2D eigenvalue weighted by molar-refractivity contribution is 1.24. The van der Waals surface area contributed by atoms with Gasteiger partial charge in [0.25, 0.3) is 0 Å².